The summed E-state index contributed by atoms with van der Waals surface area (Å²) in [7, 11) is 0. The first-order valence-electron chi connectivity index (χ1n) is 5.93. The van der Waals surface area contributed by atoms with Gasteiger partial charge in [-0.25, -0.2) is 0 Å². The number of aryl methyl sites for hydroxylation is 1. The van der Waals surface area contributed by atoms with Crippen LogP contribution in [-0.2, 0) is 4.74 Å². The summed E-state index contributed by atoms with van der Waals surface area (Å²) < 4.78 is 5.45. The summed E-state index contributed by atoms with van der Waals surface area (Å²) in [6.07, 6.45) is 2.25. The third kappa shape index (κ3) is 2.77. The molecule has 1 aliphatic heterocycles. The number of amides is 1. The molecule has 3 N–H and O–H groups in total. The summed E-state index contributed by atoms with van der Waals surface area (Å²) in [5, 5.41) is 2.86. The highest BCUT2D eigenvalue weighted by atomic mass is 16.5. The molecule has 92 valence electrons. The van der Waals surface area contributed by atoms with Crippen molar-refractivity contribution >= 4 is 11.6 Å². The first-order valence-corrected chi connectivity index (χ1v) is 5.93. The van der Waals surface area contributed by atoms with E-state index in [9.17, 15) is 4.79 Å². The van der Waals surface area contributed by atoms with E-state index >= 15 is 0 Å². The number of carbonyl (C=O) groups is 1. The molecule has 0 aromatic heterocycles. The fourth-order valence-electron chi connectivity index (χ4n) is 1.99. The summed E-state index contributed by atoms with van der Waals surface area (Å²) in [5.74, 6) is -0.123. The molecule has 1 saturated heterocycles. The van der Waals surface area contributed by atoms with Gasteiger partial charge >= 0.3 is 0 Å². The molecule has 1 heterocycles. The average Bonchev–Trinajstić information content (AvgIpc) is 2.82. The quantitative estimate of drug-likeness (QED) is 0.779. The molecule has 0 aliphatic carbocycles. The highest BCUT2D eigenvalue weighted by molar-refractivity contribution is 5.99. The molecule has 0 spiro atoms. The lowest BCUT2D eigenvalue weighted by Gasteiger charge is -2.12. The van der Waals surface area contributed by atoms with Crippen LogP contribution in [0.3, 0.4) is 0 Å². The van der Waals surface area contributed by atoms with Gasteiger partial charge in [0.15, 0.2) is 0 Å². The standard InChI is InChI=1S/C13H18N2O2/c1-9-4-2-6-11(12(9)14)13(16)15-8-10-5-3-7-17-10/h2,4,6,10H,3,5,7-8,14H2,1H3,(H,15,16). The van der Waals surface area contributed by atoms with Crippen LogP contribution in [0, 0.1) is 6.92 Å². The molecular weight excluding hydrogens is 216 g/mol. The average molecular weight is 234 g/mol. The van der Waals surface area contributed by atoms with Crippen molar-refractivity contribution in [2.24, 2.45) is 0 Å². The van der Waals surface area contributed by atoms with Gasteiger partial charge in [-0.2, -0.15) is 0 Å². The molecule has 0 bridgehead atoms. The minimum absolute atomic E-state index is 0.123. The third-order valence-electron chi connectivity index (χ3n) is 3.08. The summed E-state index contributed by atoms with van der Waals surface area (Å²) in [4.78, 5) is 11.9. The van der Waals surface area contributed by atoms with Gasteiger partial charge in [-0.1, -0.05) is 12.1 Å². The molecule has 17 heavy (non-hydrogen) atoms. The van der Waals surface area contributed by atoms with Crippen LogP contribution in [-0.4, -0.2) is 25.2 Å². The molecule has 0 saturated carbocycles. The molecule has 0 radical (unpaired) electrons. The number of nitrogen functional groups attached to an aromatic ring is 1. The highest BCUT2D eigenvalue weighted by Crippen LogP contribution is 2.16. The minimum atomic E-state index is -0.123. The van der Waals surface area contributed by atoms with Gasteiger partial charge in [0.25, 0.3) is 5.91 Å². The summed E-state index contributed by atoms with van der Waals surface area (Å²) in [5.41, 5.74) is 7.90. The number of nitrogens with one attached hydrogen (secondary N) is 1. The second kappa shape index (κ2) is 5.19. The number of carbonyl (C=O) groups excluding carboxylic acids is 1. The van der Waals surface area contributed by atoms with E-state index < -0.39 is 0 Å². The van der Waals surface area contributed by atoms with E-state index in [1.54, 1.807) is 6.07 Å². The zero-order chi connectivity index (χ0) is 12.3. The molecule has 1 amide bonds. The number of benzene rings is 1. The second-order valence-electron chi connectivity index (χ2n) is 4.38. The Kier molecular flexibility index (Phi) is 3.64. The summed E-state index contributed by atoms with van der Waals surface area (Å²) in [6, 6.07) is 5.48. The van der Waals surface area contributed by atoms with Crippen LogP contribution in [0.1, 0.15) is 28.8 Å². The van der Waals surface area contributed by atoms with Crippen molar-refractivity contribution in [3.8, 4) is 0 Å². The number of para-hydroxylation sites is 1. The zero-order valence-electron chi connectivity index (χ0n) is 10.0. The lowest BCUT2D eigenvalue weighted by molar-refractivity contribution is 0.0858. The van der Waals surface area contributed by atoms with E-state index in [1.165, 1.54) is 0 Å². The predicted molar refractivity (Wildman–Crippen MR) is 66.9 cm³/mol. The first kappa shape index (κ1) is 11.9. The predicted octanol–water partition coefficient (Wildman–Crippen LogP) is 1.49. The maximum Gasteiger partial charge on any atom is 0.253 e. The van der Waals surface area contributed by atoms with Crippen LogP contribution in [0.5, 0.6) is 0 Å². The maximum absolute atomic E-state index is 11.9. The minimum Gasteiger partial charge on any atom is -0.398 e. The Hall–Kier alpha value is -1.55. The highest BCUT2D eigenvalue weighted by Gasteiger charge is 2.17. The van der Waals surface area contributed by atoms with Crippen molar-refractivity contribution in [1.82, 2.24) is 5.32 Å². The topological polar surface area (TPSA) is 64.3 Å². The summed E-state index contributed by atoms with van der Waals surface area (Å²) in [6.45, 7) is 3.26. The number of ether oxygens (including phenoxy) is 1. The third-order valence-corrected chi connectivity index (χ3v) is 3.08. The van der Waals surface area contributed by atoms with Crippen molar-refractivity contribution < 1.29 is 9.53 Å². The SMILES string of the molecule is Cc1cccc(C(=O)NCC2CCCO2)c1N. The van der Waals surface area contributed by atoms with Gasteiger partial charge < -0.3 is 15.8 Å². The fraction of sp³-hybridized carbons (Fsp3) is 0.462. The largest absolute Gasteiger partial charge is 0.398 e. The van der Waals surface area contributed by atoms with Crippen LogP contribution in [0.2, 0.25) is 0 Å². The van der Waals surface area contributed by atoms with E-state index in [1.807, 2.05) is 19.1 Å². The van der Waals surface area contributed by atoms with E-state index in [0.29, 0.717) is 17.8 Å². The van der Waals surface area contributed by atoms with Gasteiger partial charge in [0.2, 0.25) is 0 Å². The van der Waals surface area contributed by atoms with Crippen LogP contribution in [0.15, 0.2) is 18.2 Å². The van der Waals surface area contributed by atoms with Crippen molar-refractivity contribution in [2.45, 2.75) is 25.9 Å². The Labute approximate surface area is 101 Å². The van der Waals surface area contributed by atoms with Gasteiger partial charge in [-0.15, -0.1) is 0 Å². The van der Waals surface area contributed by atoms with Gasteiger partial charge in [0.1, 0.15) is 0 Å². The molecule has 4 nitrogen and oxygen atoms in total. The van der Waals surface area contributed by atoms with E-state index in [2.05, 4.69) is 5.32 Å². The number of rotatable bonds is 3. The first-order chi connectivity index (χ1) is 8.18. The normalized spacial score (nSPS) is 19.2. The van der Waals surface area contributed by atoms with Crippen molar-refractivity contribution in [3.63, 3.8) is 0 Å². The monoisotopic (exact) mass is 234 g/mol. The molecule has 1 fully saturated rings. The molecule has 1 unspecified atom stereocenters. The van der Waals surface area contributed by atoms with Crippen LogP contribution >= 0.6 is 0 Å². The van der Waals surface area contributed by atoms with E-state index in [0.717, 1.165) is 25.0 Å². The fourth-order valence-corrected chi connectivity index (χ4v) is 1.99. The number of nitrogens with two attached hydrogens (primary N) is 1. The molecular formula is C13H18N2O2. The Balaban J connectivity index is 1.97. The maximum atomic E-state index is 11.9. The van der Waals surface area contributed by atoms with Crippen molar-refractivity contribution in [2.75, 3.05) is 18.9 Å². The van der Waals surface area contributed by atoms with Gasteiger partial charge in [-0.3, -0.25) is 4.79 Å². The Morgan fingerprint density at radius 2 is 2.41 bits per heavy atom. The second-order valence-corrected chi connectivity index (χ2v) is 4.38. The molecule has 1 atom stereocenters. The van der Waals surface area contributed by atoms with Gasteiger partial charge in [-0.05, 0) is 31.4 Å². The van der Waals surface area contributed by atoms with E-state index in [-0.39, 0.29) is 12.0 Å². The summed E-state index contributed by atoms with van der Waals surface area (Å²) >= 11 is 0. The van der Waals surface area contributed by atoms with Gasteiger partial charge in [0, 0.05) is 18.8 Å². The Bertz CT molecular complexity index is 412. The Morgan fingerprint density at radius 1 is 1.59 bits per heavy atom. The van der Waals surface area contributed by atoms with Crippen LogP contribution in [0.25, 0.3) is 0 Å². The molecule has 1 aliphatic rings. The number of anilines is 1. The zero-order valence-corrected chi connectivity index (χ0v) is 10.0. The Morgan fingerprint density at radius 3 is 3.12 bits per heavy atom. The lowest BCUT2D eigenvalue weighted by Crippen LogP contribution is -2.32. The number of hydrogen-bond donors (Lipinski definition) is 2. The smallest absolute Gasteiger partial charge is 0.253 e. The van der Waals surface area contributed by atoms with Crippen LogP contribution in [0.4, 0.5) is 5.69 Å². The van der Waals surface area contributed by atoms with E-state index in [4.69, 9.17) is 10.5 Å². The lowest BCUT2D eigenvalue weighted by atomic mass is 10.1. The van der Waals surface area contributed by atoms with Crippen LogP contribution < -0.4 is 11.1 Å². The molecule has 2 rings (SSSR count). The number of hydrogen-bond acceptors (Lipinski definition) is 3. The van der Waals surface area contributed by atoms with Gasteiger partial charge in [0.05, 0.1) is 11.7 Å². The molecule has 1 aromatic rings. The van der Waals surface area contributed by atoms with Crippen molar-refractivity contribution in [3.05, 3.63) is 29.3 Å². The van der Waals surface area contributed by atoms with Crippen molar-refractivity contribution in [1.29, 1.82) is 0 Å². The molecule has 4 heteroatoms. The molecule has 1 aromatic carbocycles.